The van der Waals surface area contributed by atoms with Crippen molar-refractivity contribution in [3.8, 4) is 6.19 Å². The third kappa shape index (κ3) is 21.3. The largest absolute Gasteiger partial charge is 1.00 e. The molecule has 264 valence electrons. The molecule has 15 nitrogen and oxygen atoms in total. The lowest BCUT2D eigenvalue weighted by Gasteiger charge is -2.22. The molecule has 1 aromatic heterocycles. The van der Waals surface area contributed by atoms with Crippen molar-refractivity contribution in [2.45, 2.75) is 65.5 Å². The molecule has 0 saturated carbocycles. The Morgan fingerprint density at radius 1 is 0.870 bits per heavy atom. The lowest BCUT2D eigenvalue weighted by molar-refractivity contribution is -0.727. The van der Waals surface area contributed by atoms with Gasteiger partial charge in [-0.2, -0.15) is 9.83 Å². The van der Waals surface area contributed by atoms with Gasteiger partial charge in [0.05, 0.1) is 58.5 Å². The number of aromatic nitrogens is 1. The van der Waals surface area contributed by atoms with E-state index in [0.717, 1.165) is 50.6 Å². The fourth-order valence-corrected chi connectivity index (χ4v) is 5.09. The van der Waals surface area contributed by atoms with Crippen LogP contribution in [0.3, 0.4) is 0 Å². The lowest BCUT2D eigenvalue weighted by atomic mass is 10.1. The number of methoxy groups -OCH3 is 1. The molecule has 0 fully saturated rings. The van der Waals surface area contributed by atoms with E-state index in [1.54, 1.807) is 61.1 Å². The summed E-state index contributed by atoms with van der Waals surface area (Å²) in [7, 11) is -1.83. The van der Waals surface area contributed by atoms with Crippen LogP contribution in [-0.2, 0) is 48.6 Å². The van der Waals surface area contributed by atoms with Gasteiger partial charge in [-0.3, -0.25) is 13.6 Å². The molecule has 1 rings (SSSR count). The highest BCUT2D eigenvalue weighted by Crippen LogP contribution is 2.49. The van der Waals surface area contributed by atoms with Crippen LogP contribution < -0.4 is 27.6 Å². The molecule has 0 aliphatic carbocycles. The summed E-state index contributed by atoms with van der Waals surface area (Å²) in [5, 5.41) is 9.01. The van der Waals surface area contributed by atoms with Gasteiger partial charge in [0.25, 0.3) is 6.73 Å². The predicted octanol–water partition coefficient (Wildman–Crippen LogP) is 1.30. The molecule has 2 N–H and O–H groups in total. The molecule has 0 saturated heterocycles. The number of hydrogen-bond acceptors (Lipinski definition) is 12. The number of unbranched alkanes of at least 4 members (excludes halogenated alkanes) is 6. The number of carbonyl (C=O) groups excluding carboxylic acids is 1. The summed E-state index contributed by atoms with van der Waals surface area (Å²) in [6, 6.07) is 3.60. The Morgan fingerprint density at radius 3 is 2.02 bits per heavy atom. The molecule has 1 heterocycles. The van der Waals surface area contributed by atoms with Crippen molar-refractivity contribution in [3.63, 3.8) is 0 Å². The van der Waals surface area contributed by atoms with Gasteiger partial charge in [-0.05, 0) is 26.7 Å². The first kappa shape index (κ1) is 43.5. The van der Waals surface area contributed by atoms with Crippen molar-refractivity contribution in [1.82, 2.24) is 0 Å². The quantitative estimate of drug-likeness (QED) is 0.0265. The zero-order valence-electron chi connectivity index (χ0n) is 27.3. The Bertz CT molecular complexity index is 1020. The smallest absolute Gasteiger partial charge is 0.513 e. The maximum Gasteiger partial charge on any atom is 0.513 e. The topological polar surface area (TPSA) is 177 Å². The number of anilines is 1. The van der Waals surface area contributed by atoms with Gasteiger partial charge < -0.3 is 46.7 Å². The highest BCUT2D eigenvalue weighted by atomic mass is 35.5. The highest BCUT2D eigenvalue weighted by Gasteiger charge is 2.24. The third-order valence-corrected chi connectivity index (χ3v) is 7.71. The van der Waals surface area contributed by atoms with Gasteiger partial charge in [0.2, 0.25) is 12.2 Å². The first-order chi connectivity index (χ1) is 21.9. The van der Waals surface area contributed by atoms with E-state index in [1.165, 1.54) is 0 Å². The number of hydrogen-bond donors (Lipinski definition) is 1. The van der Waals surface area contributed by atoms with E-state index in [2.05, 4.69) is 4.99 Å². The van der Waals surface area contributed by atoms with Crippen molar-refractivity contribution in [3.05, 3.63) is 24.5 Å². The molecule has 0 radical (unpaired) electrons. The molecule has 0 bridgehead atoms. The maximum absolute atomic E-state index is 12.3. The molecule has 17 heteroatoms. The van der Waals surface area contributed by atoms with E-state index in [4.69, 9.17) is 48.3 Å². The third-order valence-electron chi connectivity index (χ3n) is 6.06. The van der Waals surface area contributed by atoms with Gasteiger partial charge in [-0.25, -0.2) is 9.36 Å². The van der Waals surface area contributed by atoms with Crippen LogP contribution in [0.1, 0.15) is 58.8 Å². The summed E-state index contributed by atoms with van der Waals surface area (Å²) in [5.74, 6) is 0.107. The number of pyridine rings is 1. The Balaban J connectivity index is 0.0000202. The number of aliphatic imine (C=N–C) groups is 1. The number of carbonyl (C=O) groups is 1. The number of nitrogens with zero attached hydrogens (tertiary/aromatic N) is 4. The van der Waals surface area contributed by atoms with E-state index in [1.807, 2.05) is 0 Å². The van der Waals surface area contributed by atoms with Crippen LogP contribution in [0.5, 0.6) is 0 Å². The summed E-state index contributed by atoms with van der Waals surface area (Å²) in [4.78, 5) is 17.3. The number of ether oxygens (including phenoxy) is 5. The van der Waals surface area contributed by atoms with Crippen molar-refractivity contribution in [2.24, 2.45) is 10.7 Å². The monoisotopic (exact) mass is 695 g/mol. The molecule has 0 aliphatic heterocycles. The molecule has 0 aromatic carbocycles. The summed E-state index contributed by atoms with van der Waals surface area (Å²) in [5.41, 5.74) is 6.82. The number of phosphoric ester groups is 1. The lowest BCUT2D eigenvalue weighted by Crippen LogP contribution is -3.00. The minimum Gasteiger partial charge on any atom is -1.00 e. The van der Waals surface area contributed by atoms with Crippen LogP contribution in [0.25, 0.3) is 0 Å². The average Bonchev–Trinajstić information content (AvgIpc) is 3.02. The molecule has 0 amide bonds. The van der Waals surface area contributed by atoms with Crippen molar-refractivity contribution >= 4 is 25.6 Å². The normalized spacial score (nSPS) is 11.5. The Morgan fingerprint density at radius 2 is 1.43 bits per heavy atom. The van der Waals surface area contributed by atoms with Crippen LogP contribution in [0.15, 0.2) is 29.5 Å². The molecule has 0 unspecified atom stereocenters. The molecular formula is C29H51ClN5O10P. The maximum atomic E-state index is 12.3. The van der Waals surface area contributed by atoms with Crippen LogP contribution in [-0.4, -0.2) is 85.2 Å². The molecule has 1 aromatic rings. The molecular weight excluding hydrogens is 645 g/mol. The van der Waals surface area contributed by atoms with Crippen LogP contribution in [0.2, 0.25) is 0 Å². The second-order valence-electron chi connectivity index (χ2n) is 9.47. The number of halogens is 1. The Kier molecular flexibility index (Phi) is 27.1. The van der Waals surface area contributed by atoms with Gasteiger partial charge in [-0.1, -0.05) is 32.1 Å². The van der Waals surface area contributed by atoms with Crippen LogP contribution in [0, 0.1) is 11.5 Å². The van der Waals surface area contributed by atoms with E-state index in [-0.39, 0.29) is 51.5 Å². The summed E-state index contributed by atoms with van der Waals surface area (Å²) in [6.07, 6.45) is 11.1. The van der Waals surface area contributed by atoms with E-state index >= 15 is 0 Å². The van der Waals surface area contributed by atoms with Gasteiger partial charge in [0, 0.05) is 25.8 Å². The van der Waals surface area contributed by atoms with Gasteiger partial charge in [-0.15, -0.1) is 4.99 Å². The first-order valence-corrected chi connectivity index (χ1v) is 16.8. The summed E-state index contributed by atoms with van der Waals surface area (Å²) >= 11 is 0. The molecule has 0 aliphatic rings. The predicted molar refractivity (Wildman–Crippen MR) is 166 cm³/mol. The second kappa shape index (κ2) is 28.7. The Labute approximate surface area is 279 Å². The standard InChI is InChI=1S/C29H51N5O10P.ClH/c1-4-42-45(36,43-5-2)44-18-12-10-8-6-7-9-11-15-34(28(31)32-25-30)27-13-16-33(17-14-27)26-41-29(35)40-24-23-39-22-21-38-20-19-37-3;/h13-14,16-17H,4-12,15,18-24,26H2,1-3H3,(H2,31,32);1H/q+1;/p-1. The summed E-state index contributed by atoms with van der Waals surface area (Å²) < 4.78 is 55.1. The number of phosphoric acid groups is 1. The van der Waals surface area contributed by atoms with Gasteiger partial charge in [0.1, 0.15) is 6.61 Å². The van der Waals surface area contributed by atoms with E-state index in [0.29, 0.717) is 39.6 Å². The zero-order valence-corrected chi connectivity index (χ0v) is 29.0. The number of nitriles is 1. The van der Waals surface area contributed by atoms with Gasteiger partial charge >= 0.3 is 14.0 Å². The number of guanidine groups is 1. The number of nitrogens with two attached hydrogens (primary N) is 1. The highest BCUT2D eigenvalue weighted by molar-refractivity contribution is 7.48. The zero-order chi connectivity index (χ0) is 33.0. The van der Waals surface area contributed by atoms with Crippen LogP contribution in [0.4, 0.5) is 10.5 Å². The summed E-state index contributed by atoms with van der Waals surface area (Å²) in [6.45, 7) is 7.05. The Hall–Kier alpha value is -2.54. The first-order valence-electron chi connectivity index (χ1n) is 15.4. The molecule has 0 spiro atoms. The number of rotatable bonds is 27. The minimum atomic E-state index is -3.44. The SMILES string of the molecule is CCOP(=O)(OCC)OCCCCCCCCCN(C(N)=NC#N)c1cc[n+](COC(=O)OCCOCCOCCOC)cc1.[Cl-]. The van der Waals surface area contributed by atoms with Crippen molar-refractivity contribution in [2.75, 3.05) is 78.0 Å². The molecule has 46 heavy (non-hydrogen) atoms. The van der Waals surface area contributed by atoms with Crippen molar-refractivity contribution < 1.29 is 63.6 Å². The van der Waals surface area contributed by atoms with E-state index < -0.39 is 14.0 Å². The average molecular weight is 696 g/mol. The van der Waals surface area contributed by atoms with Gasteiger partial charge in [0.15, 0.2) is 12.4 Å². The second-order valence-corrected chi connectivity index (χ2v) is 11.1. The van der Waals surface area contributed by atoms with E-state index in [9.17, 15) is 9.36 Å². The fraction of sp³-hybridized carbons (Fsp3) is 0.724. The fourth-order valence-electron chi connectivity index (χ4n) is 3.88. The molecule has 0 atom stereocenters. The van der Waals surface area contributed by atoms with Crippen LogP contribution >= 0.6 is 7.82 Å². The minimum absolute atomic E-state index is 0. The van der Waals surface area contributed by atoms with Crippen molar-refractivity contribution in [1.29, 1.82) is 5.26 Å².